The van der Waals surface area contributed by atoms with Gasteiger partial charge in [0.2, 0.25) is 5.95 Å². The quantitative estimate of drug-likeness (QED) is 0.846. The van der Waals surface area contributed by atoms with E-state index in [1.54, 1.807) is 24.3 Å². The molecular weight excluding hydrogens is 305 g/mol. The van der Waals surface area contributed by atoms with E-state index in [0.29, 0.717) is 30.3 Å². The highest BCUT2D eigenvalue weighted by Crippen LogP contribution is 2.32. The first kappa shape index (κ1) is 15.4. The molecule has 1 aromatic heterocycles. The van der Waals surface area contributed by atoms with Crippen LogP contribution in [0.2, 0.25) is 0 Å². The van der Waals surface area contributed by atoms with Crippen molar-refractivity contribution in [3.63, 3.8) is 0 Å². The second kappa shape index (κ2) is 5.95. The van der Waals surface area contributed by atoms with Gasteiger partial charge in [-0.05, 0) is 43.5 Å². The Morgan fingerprint density at radius 3 is 2.26 bits per heavy atom. The minimum absolute atomic E-state index is 0.307. The second-order valence-electron chi connectivity index (χ2n) is 5.50. The Balaban J connectivity index is 2.05. The molecule has 7 heteroatoms. The molecule has 0 atom stereocenters. The van der Waals surface area contributed by atoms with E-state index in [0.717, 1.165) is 25.5 Å². The highest BCUT2D eigenvalue weighted by atomic mass is 19.4. The first-order valence-electron chi connectivity index (χ1n) is 7.41. The van der Waals surface area contributed by atoms with Gasteiger partial charge in [-0.25, -0.2) is 4.98 Å². The van der Waals surface area contributed by atoms with Crippen molar-refractivity contribution in [1.29, 1.82) is 5.26 Å². The molecule has 0 bridgehead atoms. The molecule has 1 fully saturated rings. The normalized spacial score (nSPS) is 15.5. The van der Waals surface area contributed by atoms with Crippen LogP contribution < -0.4 is 4.90 Å². The zero-order valence-electron chi connectivity index (χ0n) is 12.3. The fourth-order valence-corrected chi connectivity index (χ4v) is 2.71. The summed E-state index contributed by atoms with van der Waals surface area (Å²) in [6, 6.07) is 8.44. The van der Waals surface area contributed by atoms with Gasteiger partial charge in [0.05, 0.1) is 11.6 Å². The third-order valence-corrected chi connectivity index (χ3v) is 3.89. The molecule has 0 aliphatic carbocycles. The number of benzene rings is 1. The van der Waals surface area contributed by atoms with Crippen LogP contribution >= 0.6 is 0 Å². The van der Waals surface area contributed by atoms with Crippen LogP contribution in [0.5, 0.6) is 0 Å². The summed E-state index contributed by atoms with van der Waals surface area (Å²) in [7, 11) is 0. The third-order valence-electron chi connectivity index (χ3n) is 3.89. The van der Waals surface area contributed by atoms with Crippen molar-refractivity contribution in [1.82, 2.24) is 9.55 Å². The van der Waals surface area contributed by atoms with E-state index in [-0.39, 0.29) is 0 Å². The summed E-state index contributed by atoms with van der Waals surface area (Å²) in [5.41, 5.74) is 0.124. The molecule has 0 radical (unpaired) electrons. The minimum atomic E-state index is -4.48. The molecule has 0 N–H and O–H groups in total. The Kier molecular flexibility index (Phi) is 3.99. The van der Waals surface area contributed by atoms with Crippen LogP contribution in [0.15, 0.2) is 30.5 Å². The van der Waals surface area contributed by atoms with Gasteiger partial charge < -0.3 is 4.90 Å². The molecular formula is C16H15F3N4. The Hall–Kier alpha value is -2.49. The van der Waals surface area contributed by atoms with Crippen molar-refractivity contribution in [2.75, 3.05) is 18.0 Å². The monoisotopic (exact) mass is 320 g/mol. The molecule has 0 amide bonds. The zero-order chi connectivity index (χ0) is 16.4. The van der Waals surface area contributed by atoms with Gasteiger partial charge in [-0.2, -0.15) is 18.4 Å². The molecule has 0 spiro atoms. The van der Waals surface area contributed by atoms with Crippen molar-refractivity contribution < 1.29 is 13.2 Å². The minimum Gasteiger partial charge on any atom is -0.342 e. The van der Waals surface area contributed by atoms with Crippen molar-refractivity contribution in [2.45, 2.75) is 25.4 Å². The first-order valence-corrected chi connectivity index (χ1v) is 7.41. The molecule has 0 saturated carbocycles. The molecule has 1 aliphatic rings. The van der Waals surface area contributed by atoms with Gasteiger partial charge in [0.1, 0.15) is 0 Å². The van der Waals surface area contributed by atoms with E-state index in [9.17, 15) is 13.2 Å². The van der Waals surface area contributed by atoms with E-state index in [4.69, 9.17) is 5.26 Å². The number of piperidine rings is 1. The first-order chi connectivity index (χ1) is 11.0. The predicted molar refractivity (Wildman–Crippen MR) is 79.3 cm³/mol. The molecule has 4 nitrogen and oxygen atoms in total. The van der Waals surface area contributed by atoms with Gasteiger partial charge in [0.25, 0.3) is 0 Å². The van der Waals surface area contributed by atoms with Crippen LogP contribution in [0, 0.1) is 11.3 Å². The lowest BCUT2D eigenvalue weighted by molar-refractivity contribution is -0.140. The highest BCUT2D eigenvalue weighted by Gasteiger charge is 2.36. The van der Waals surface area contributed by atoms with E-state index in [1.807, 2.05) is 11.0 Å². The van der Waals surface area contributed by atoms with Crippen LogP contribution in [0.25, 0.3) is 5.69 Å². The van der Waals surface area contributed by atoms with Crippen LogP contribution in [0.3, 0.4) is 0 Å². The summed E-state index contributed by atoms with van der Waals surface area (Å²) in [5, 5.41) is 8.84. The number of hydrogen-bond donors (Lipinski definition) is 0. The lowest BCUT2D eigenvalue weighted by Crippen LogP contribution is -2.31. The second-order valence-corrected chi connectivity index (χ2v) is 5.50. The van der Waals surface area contributed by atoms with Crippen LogP contribution in [0.1, 0.15) is 30.5 Å². The largest absolute Gasteiger partial charge is 0.434 e. The molecule has 1 saturated heterocycles. The number of rotatable bonds is 2. The predicted octanol–water partition coefficient (Wildman–Crippen LogP) is 3.75. The van der Waals surface area contributed by atoms with Crippen LogP contribution in [0.4, 0.5) is 19.1 Å². The average molecular weight is 320 g/mol. The summed E-state index contributed by atoms with van der Waals surface area (Å²) in [6.07, 6.45) is -0.489. The maximum absolute atomic E-state index is 13.0. The molecule has 0 unspecified atom stereocenters. The zero-order valence-corrected chi connectivity index (χ0v) is 12.3. The summed E-state index contributed by atoms with van der Waals surface area (Å²) >= 11 is 0. The molecule has 3 rings (SSSR count). The molecule has 120 valence electrons. The number of anilines is 1. The van der Waals surface area contributed by atoms with Gasteiger partial charge in [-0.1, -0.05) is 0 Å². The number of halogens is 3. The van der Waals surface area contributed by atoms with Crippen LogP contribution in [-0.2, 0) is 6.18 Å². The lowest BCUT2D eigenvalue weighted by atomic mass is 10.1. The molecule has 23 heavy (non-hydrogen) atoms. The van der Waals surface area contributed by atoms with E-state index >= 15 is 0 Å². The average Bonchev–Trinajstić information content (AvgIpc) is 3.01. The Labute approximate surface area is 131 Å². The van der Waals surface area contributed by atoms with Crippen molar-refractivity contribution in [3.8, 4) is 11.8 Å². The summed E-state index contributed by atoms with van der Waals surface area (Å²) in [6.45, 7) is 1.40. The van der Waals surface area contributed by atoms with Gasteiger partial charge >= 0.3 is 6.18 Å². The number of nitrogens with zero attached hydrogens (tertiary/aromatic N) is 4. The van der Waals surface area contributed by atoms with Gasteiger partial charge in [-0.3, -0.25) is 4.57 Å². The van der Waals surface area contributed by atoms with Gasteiger partial charge in [-0.15, -0.1) is 0 Å². The van der Waals surface area contributed by atoms with E-state index < -0.39 is 11.9 Å². The maximum Gasteiger partial charge on any atom is 0.434 e. The number of aromatic nitrogens is 2. The van der Waals surface area contributed by atoms with E-state index in [1.165, 1.54) is 4.57 Å². The maximum atomic E-state index is 13.0. The van der Waals surface area contributed by atoms with Crippen molar-refractivity contribution in [2.24, 2.45) is 0 Å². The van der Waals surface area contributed by atoms with Gasteiger partial charge in [0.15, 0.2) is 5.69 Å². The Bertz CT molecular complexity index is 719. The van der Waals surface area contributed by atoms with Gasteiger partial charge in [0, 0.05) is 25.0 Å². The topological polar surface area (TPSA) is 44.9 Å². The number of imidazole rings is 1. The fourth-order valence-electron chi connectivity index (χ4n) is 2.71. The van der Waals surface area contributed by atoms with E-state index in [2.05, 4.69) is 4.98 Å². The number of nitriles is 1. The lowest BCUT2D eigenvalue weighted by Gasteiger charge is -2.28. The SMILES string of the molecule is N#Cc1ccc(-n2cc(C(F)(F)F)nc2N2CCCCC2)cc1. The third kappa shape index (κ3) is 3.16. The summed E-state index contributed by atoms with van der Waals surface area (Å²) in [5.74, 6) is 0.307. The molecule has 2 aromatic rings. The fraction of sp³-hybridized carbons (Fsp3) is 0.375. The molecule has 2 heterocycles. The standard InChI is InChI=1S/C16H15F3N4/c17-16(18,19)14-11-23(13-6-4-12(10-20)5-7-13)15(21-14)22-8-2-1-3-9-22/h4-7,11H,1-3,8-9H2. The summed E-state index contributed by atoms with van der Waals surface area (Å²) < 4.78 is 40.6. The van der Waals surface area contributed by atoms with Crippen molar-refractivity contribution >= 4 is 5.95 Å². The Morgan fingerprint density at radius 1 is 1.04 bits per heavy atom. The van der Waals surface area contributed by atoms with Crippen molar-refractivity contribution in [3.05, 3.63) is 41.7 Å². The molecule has 1 aliphatic heterocycles. The number of alkyl halides is 3. The Morgan fingerprint density at radius 2 is 1.70 bits per heavy atom. The summed E-state index contributed by atoms with van der Waals surface area (Å²) in [4.78, 5) is 5.71. The smallest absolute Gasteiger partial charge is 0.342 e. The van der Waals surface area contributed by atoms with Crippen LogP contribution in [-0.4, -0.2) is 22.6 Å². The molecule has 1 aromatic carbocycles. The number of hydrogen-bond acceptors (Lipinski definition) is 3. The highest BCUT2D eigenvalue weighted by molar-refractivity contribution is 5.47.